The van der Waals surface area contributed by atoms with Gasteiger partial charge in [0.15, 0.2) is 5.16 Å². The Morgan fingerprint density at radius 3 is 2.56 bits per heavy atom. The molecule has 0 aliphatic carbocycles. The summed E-state index contributed by atoms with van der Waals surface area (Å²) in [6.07, 6.45) is 2.49. The molecule has 1 N–H and O–H groups in total. The molecule has 0 aliphatic heterocycles. The molecule has 6 heteroatoms. The molecule has 0 spiro atoms. The summed E-state index contributed by atoms with van der Waals surface area (Å²) in [6, 6.07) is 18.5. The number of hydrogen-bond donors (Lipinski definition) is 1. The molecule has 0 aliphatic rings. The number of rotatable bonds is 8. The van der Waals surface area contributed by atoms with Crippen LogP contribution in [0.25, 0.3) is 5.69 Å². The van der Waals surface area contributed by atoms with Crippen LogP contribution < -0.4 is 5.32 Å². The summed E-state index contributed by atoms with van der Waals surface area (Å²) in [7, 11) is 0. The number of thioether (sulfide) groups is 1. The number of para-hydroxylation sites is 1. The van der Waals surface area contributed by atoms with Crippen molar-refractivity contribution in [3.8, 4) is 5.69 Å². The average Bonchev–Trinajstić information content (AvgIpc) is 3.16. The summed E-state index contributed by atoms with van der Waals surface area (Å²) >= 11 is 1.39. The van der Waals surface area contributed by atoms with Gasteiger partial charge in [-0.3, -0.25) is 9.36 Å². The number of nitrogens with one attached hydrogen (secondary N) is 1. The van der Waals surface area contributed by atoms with Gasteiger partial charge in [-0.15, -0.1) is 10.2 Å². The Hall–Kier alpha value is -2.60. The first-order valence-electron chi connectivity index (χ1n) is 9.07. The summed E-state index contributed by atoms with van der Waals surface area (Å²) in [4.78, 5) is 12.1. The molecule has 140 valence electrons. The van der Waals surface area contributed by atoms with E-state index in [1.54, 1.807) is 6.33 Å². The summed E-state index contributed by atoms with van der Waals surface area (Å²) < 4.78 is 1.88. The van der Waals surface area contributed by atoms with Gasteiger partial charge < -0.3 is 5.32 Å². The van der Waals surface area contributed by atoms with Crippen molar-refractivity contribution in [3.05, 3.63) is 72.1 Å². The van der Waals surface area contributed by atoms with E-state index in [-0.39, 0.29) is 5.91 Å². The third-order valence-electron chi connectivity index (χ3n) is 4.27. The fourth-order valence-corrected chi connectivity index (χ4v) is 3.44. The maximum Gasteiger partial charge on any atom is 0.230 e. The number of aromatic nitrogens is 3. The van der Waals surface area contributed by atoms with Gasteiger partial charge >= 0.3 is 0 Å². The molecule has 0 unspecified atom stereocenters. The van der Waals surface area contributed by atoms with Crippen LogP contribution in [0.15, 0.2) is 66.1 Å². The van der Waals surface area contributed by atoms with Gasteiger partial charge in [0.25, 0.3) is 0 Å². The molecule has 2 aromatic carbocycles. The van der Waals surface area contributed by atoms with Crippen molar-refractivity contribution in [2.24, 2.45) is 0 Å². The lowest BCUT2D eigenvalue weighted by Crippen LogP contribution is -2.27. The lowest BCUT2D eigenvalue weighted by Gasteiger charge is -2.08. The third-order valence-corrected chi connectivity index (χ3v) is 5.21. The van der Waals surface area contributed by atoms with E-state index in [9.17, 15) is 4.79 Å². The highest BCUT2D eigenvalue weighted by Crippen LogP contribution is 2.19. The SMILES string of the molecule is CC(C)c1ccc(CCNC(=O)CSc2nncn2-c2ccccc2)cc1. The molecule has 0 fully saturated rings. The molecule has 0 saturated heterocycles. The molecule has 1 amide bonds. The number of nitrogens with zero attached hydrogens (tertiary/aromatic N) is 3. The van der Waals surface area contributed by atoms with Crippen LogP contribution in [-0.2, 0) is 11.2 Å². The topological polar surface area (TPSA) is 59.8 Å². The van der Waals surface area contributed by atoms with E-state index in [0.29, 0.717) is 23.4 Å². The van der Waals surface area contributed by atoms with E-state index in [1.165, 1.54) is 22.9 Å². The highest BCUT2D eigenvalue weighted by Gasteiger charge is 2.10. The first-order valence-corrected chi connectivity index (χ1v) is 10.1. The highest BCUT2D eigenvalue weighted by atomic mass is 32.2. The molecular formula is C21H24N4OS. The van der Waals surface area contributed by atoms with E-state index < -0.39 is 0 Å². The molecular weight excluding hydrogens is 356 g/mol. The van der Waals surface area contributed by atoms with E-state index >= 15 is 0 Å². The maximum absolute atomic E-state index is 12.1. The van der Waals surface area contributed by atoms with Crippen molar-refractivity contribution in [3.63, 3.8) is 0 Å². The van der Waals surface area contributed by atoms with Crippen molar-refractivity contribution in [1.29, 1.82) is 0 Å². The Bertz CT molecular complexity index is 859. The van der Waals surface area contributed by atoms with Crippen molar-refractivity contribution < 1.29 is 4.79 Å². The number of carbonyl (C=O) groups excluding carboxylic acids is 1. The minimum absolute atomic E-state index is 0.00131. The number of hydrogen-bond acceptors (Lipinski definition) is 4. The van der Waals surface area contributed by atoms with Crippen molar-refractivity contribution >= 4 is 17.7 Å². The van der Waals surface area contributed by atoms with Gasteiger partial charge in [0.2, 0.25) is 5.91 Å². The van der Waals surface area contributed by atoms with Gasteiger partial charge in [-0.2, -0.15) is 0 Å². The second-order valence-corrected chi connectivity index (χ2v) is 7.55. The molecule has 5 nitrogen and oxygen atoms in total. The van der Waals surface area contributed by atoms with Crippen molar-refractivity contribution in [1.82, 2.24) is 20.1 Å². The quantitative estimate of drug-likeness (QED) is 0.603. The third kappa shape index (κ3) is 5.44. The maximum atomic E-state index is 12.1. The molecule has 27 heavy (non-hydrogen) atoms. The molecule has 1 heterocycles. The van der Waals surface area contributed by atoms with E-state index in [2.05, 4.69) is 53.6 Å². The highest BCUT2D eigenvalue weighted by molar-refractivity contribution is 7.99. The molecule has 3 rings (SSSR count). The zero-order chi connectivity index (χ0) is 19.1. The normalized spacial score (nSPS) is 10.9. The van der Waals surface area contributed by atoms with Crippen LogP contribution in [0.3, 0.4) is 0 Å². The van der Waals surface area contributed by atoms with Gasteiger partial charge in [0.05, 0.1) is 5.75 Å². The van der Waals surface area contributed by atoms with Crippen molar-refractivity contribution in [2.75, 3.05) is 12.3 Å². The molecule has 1 aromatic heterocycles. The number of amides is 1. The Balaban J connectivity index is 1.45. The van der Waals surface area contributed by atoms with Crippen LogP contribution in [-0.4, -0.2) is 33.0 Å². The summed E-state index contributed by atoms with van der Waals surface area (Å²) in [5.74, 6) is 0.854. The fraction of sp³-hybridized carbons (Fsp3) is 0.286. The lowest BCUT2D eigenvalue weighted by molar-refractivity contribution is -0.118. The molecule has 0 saturated carbocycles. The molecule has 3 aromatic rings. The average molecular weight is 381 g/mol. The molecule has 0 bridgehead atoms. The van der Waals surface area contributed by atoms with Gasteiger partial charge in [-0.1, -0.05) is 68.1 Å². The number of carbonyl (C=O) groups is 1. The minimum Gasteiger partial charge on any atom is -0.355 e. The van der Waals surface area contributed by atoms with Crippen LogP contribution in [0.1, 0.15) is 30.9 Å². The van der Waals surface area contributed by atoms with Gasteiger partial charge in [-0.05, 0) is 35.6 Å². The second kappa shape index (κ2) is 9.37. The summed E-state index contributed by atoms with van der Waals surface area (Å²) in [5, 5.41) is 11.8. The Morgan fingerprint density at radius 2 is 1.85 bits per heavy atom. The standard InChI is InChI=1S/C21H24N4OS/c1-16(2)18-10-8-17(9-11-18)12-13-22-20(26)14-27-21-24-23-15-25(21)19-6-4-3-5-7-19/h3-11,15-16H,12-14H2,1-2H3,(H,22,26). The minimum atomic E-state index is 0.00131. The largest absolute Gasteiger partial charge is 0.355 e. The Kier molecular flexibility index (Phi) is 6.65. The lowest BCUT2D eigenvalue weighted by atomic mass is 10.0. The monoisotopic (exact) mass is 380 g/mol. The van der Waals surface area contributed by atoms with Crippen LogP contribution >= 0.6 is 11.8 Å². The van der Waals surface area contributed by atoms with Gasteiger partial charge in [0.1, 0.15) is 6.33 Å². The van der Waals surface area contributed by atoms with Crippen LogP contribution in [0.4, 0.5) is 0 Å². The van der Waals surface area contributed by atoms with Crippen molar-refractivity contribution in [2.45, 2.75) is 31.3 Å². The fourth-order valence-electron chi connectivity index (χ4n) is 2.69. The molecule has 0 atom stereocenters. The summed E-state index contributed by atoms with van der Waals surface area (Å²) in [5.41, 5.74) is 3.55. The second-order valence-electron chi connectivity index (χ2n) is 6.60. The summed E-state index contributed by atoms with van der Waals surface area (Å²) in [6.45, 7) is 5.00. The zero-order valence-corrected chi connectivity index (χ0v) is 16.4. The van der Waals surface area contributed by atoms with E-state index in [4.69, 9.17) is 0 Å². The van der Waals surface area contributed by atoms with Gasteiger partial charge in [0, 0.05) is 12.2 Å². The van der Waals surface area contributed by atoms with Gasteiger partial charge in [-0.25, -0.2) is 0 Å². The predicted molar refractivity (Wildman–Crippen MR) is 109 cm³/mol. The number of benzene rings is 2. The predicted octanol–water partition coefficient (Wildman–Crippen LogP) is 3.84. The zero-order valence-electron chi connectivity index (χ0n) is 15.6. The smallest absolute Gasteiger partial charge is 0.230 e. The van der Waals surface area contributed by atoms with Crippen LogP contribution in [0.5, 0.6) is 0 Å². The molecule has 0 radical (unpaired) electrons. The van der Waals surface area contributed by atoms with Crippen LogP contribution in [0.2, 0.25) is 0 Å². The first kappa shape index (κ1) is 19.2. The first-order chi connectivity index (χ1) is 13.1. The Labute approximate surface area is 164 Å². The van der Waals surface area contributed by atoms with E-state index in [0.717, 1.165) is 12.1 Å². The Morgan fingerprint density at radius 1 is 1.11 bits per heavy atom. The van der Waals surface area contributed by atoms with E-state index in [1.807, 2.05) is 34.9 Å². The van der Waals surface area contributed by atoms with Crippen LogP contribution in [0, 0.1) is 0 Å².